The molecule has 1 fully saturated rings. The highest BCUT2D eigenvalue weighted by Gasteiger charge is 2.22. The highest BCUT2D eigenvalue weighted by molar-refractivity contribution is 7.99. The second-order valence-corrected chi connectivity index (χ2v) is 6.76. The maximum Gasteiger partial charge on any atom is 0.191 e. The van der Waals surface area contributed by atoms with Gasteiger partial charge < -0.3 is 4.57 Å². The normalized spacial score (nSPS) is 15.9. The Morgan fingerprint density at radius 3 is 2.64 bits per heavy atom. The van der Waals surface area contributed by atoms with Gasteiger partial charge >= 0.3 is 0 Å². The average Bonchev–Trinajstić information content (AvgIpc) is 2.95. The molecule has 4 nitrogen and oxygen atoms in total. The fourth-order valence-electron chi connectivity index (χ4n) is 3.01. The smallest absolute Gasteiger partial charge is 0.191 e. The van der Waals surface area contributed by atoms with Gasteiger partial charge in [-0.25, -0.2) is 0 Å². The Hall–Kier alpha value is -1.62. The third-order valence-electron chi connectivity index (χ3n) is 4.27. The molecular weight excluding hydrogens is 294 g/mol. The lowest BCUT2D eigenvalue weighted by molar-refractivity contribution is 0.102. The number of carbonyl (C=O) groups excluding carboxylic acids is 1. The summed E-state index contributed by atoms with van der Waals surface area (Å²) < 4.78 is 2.07. The summed E-state index contributed by atoms with van der Waals surface area (Å²) in [4.78, 5) is 12.2. The van der Waals surface area contributed by atoms with Gasteiger partial charge in [0.2, 0.25) is 0 Å². The van der Waals surface area contributed by atoms with Crippen molar-refractivity contribution < 1.29 is 4.79 Å². The van der Waals surface area contributed by atoms with Crippen LogP contribution in [0.4, 0.5) is 0 Å². The van der Waals surface area contributed by atoms with E-state index in [1.54, 1.807) is 0 Å². The molecule has 0 saturated heterocycles. The number of benzene rings is 1. The zero-order valence-electron chi connectivity index (χ0n) is 12.9. The molecule has 0 atom stereocenters. The standard InChI is InChI=1S/C17H21N3OS/c1-20-16(14-10-6-3-7-11-14)18-19-17(20)22-12-15(21)13-8-4-2-5-9-13/h2,4-5,8-9,14H,3,6-7,10-12H2,1H3. The molecule has 1 saturated carbocycles. The molecular formula is C17H21N3OS. The Kier molecular flexibility index (Phi) is 4.93. The van der Waals surface area contributed by atoms with Crippen molar-refractivity contribution in [2.45, 2.75) is 43.2 Å². The van der Waals surface area contributed by atoms with Gasteiger partial charge in [0.1, 0.15) is 5.82 Å². The van der Waals surface area contributed by atoms with E-state index >= 15 is 0 Å². The van der Waals surface area contributed by atoms with Gasteiger partial charge in [0.25, 0.3) is 0 Å². The maximum absolute atomic E-state index is 12.2. The van der Waals surface area contributed by atoms with E-state index in [9.17, 15) is 4.79 Å². The van der Waals surface area contributed by atoms with E-state index in [4.69, 9.17) is 0 Å². The Morgan fingerprint density at radius 1 is 1.18 bits per heavy atom. The fourth-order valence-corrected chi connectivity index (χ4v) is 3.82. The number of nitrogens with zero attached hydrogens (tertiary/aromatic N) is 3. The molecule has 0 bridgehead atoms. The molecule has 116 valence electrons. The zero-order chi connectivity index (χ0) is 15.4. The minimum absolute atomic E-state index is 0.132. The molecule has 2 aromatic rings. The van der Waals surface area contributed by atoms with E-state index in [2.05, 4.69) is 14.8 Å². The lowest BCUT2D eigenvalue weighted by atomic mass is 9.89. The van der Waals surface area contributed by atoms with Crippen molar-refractivity contribution >= 4 is 17.5 Å². The van der Waals surface area contributed by atoms with Crippen molar-refractivity contribution in [2.24, 2.45) is 7.05 Å². The zero-order valence-corrected chi connectivity index (χ0v) is 13.7. The summed E-state index contributed by atoms with van der Waals surface area (Å²) in [6.45, 7) is 0. The van der Waals surface area contributed by atoms with E-state index in [1.165, 1.54) is 43.9 Å². The highest BCUT2D eigenvalue weighted by Crippen LogP contribution is 2.32. The minimum atomic E-state index is 0.132. The number of Topliss-reactive ketones (excluding diaryl/α,β-unsaturated/α-hetero) is 1. The van der Waals surface area contributed by atoms with E-state index in [1.807, 2.05) is 37.4 Å². The van der Waals surface area contributed by atoms with Crippen molar-refractivity contribution in [3.63, 3.8) is 0 Å². The Morgan fingerprint density at radius 2 is 1.91 bits per heavy atom. The Labute approximate surface area is 135 Å². The number of hydrogen-bond acceptors (Lipinski definition) is 4. The molecule has 0 unspecified atom stereocenters. The second kappa shape index (κ2) is 7.09. The van der Waals surface area contributed by atoms with Crippen LogP contribution in [0.25, 0.3) is 0 Å². The van der Waals surface area contributed by atoms with Crippen LogP contribution in [-0.4, -0.2) is 26.3 Å². The molecule has 22 heavy (non-hydrogen) atoms. The summed E-state index contributed by atoms with van der Waals surface area (Å²) in [5, 5.41) is 9.49. The van der Waals surface area contributed by atoms with Crippen LogP contribution in [0.1, 0.15) is 54.2 Å². The molecule has 1 aliphatic carbocycles. The van der Waals surface area contributed by atoms with Crippen molar-refractivity contribution in [2.75, 3.05) is 5.75 Å². The van der Waals surface area contributed by atoms with Crippen LogP contribution in [0.15, 0.2) is 35.5 Å². The molecule has 1 aromatic carbocycles. The number of ketones is 1. The quantitative estimate of drug-likeness (QED) is 0.621. The van der Waals surface area contributed by atoms with Crippen LogP contribution >= 0.6 is 11.8 Å². The van der Waals surface area contributed by atoms with Crippen LogP contribution in [0, 0.1) is 0 Å². The van der Waals surface area contributed by atoms with Gasteiger partial charge in [-0.3, -0.25) is 4.79 Å². The van der Waals surface area contributed by atoms with Crippen molar-refractivity contribution in [1.29, 1.82) is 0 Å². The molecule has 0 radical (unpaired) electrons. The van der Waals surface area contributed by atoms with Gasteiger partial charge in [-0.15, -0.1) is 10.2 Å². The van der Waals surface area contributed by atoms with Crippen LogP contribution in [0.3, 0.4) is 0 Å². The molecule has 5 heteroatoms. The van der Waals surface area contributed by atoms with Gasteiger partial charge in [-0.1, -0.05) is 61.4 Å². The first kappa shape index (κ1) is 15.3. The molecule has 0 amide bonds. The lowest BCUT2D eigenvalue weighted by Crippen LogP contribution is -2.11. The van der Waals surface area contributed by atoms with Crippen LogP contribution in [0.2, 0.25) is 0 Å². The molecule has 0 aliphatic heterocycles. The lowest BCUT2D eigenvalue weighted by Gasteiger charge is -2.20. The van der Waals surface area contributed by atoms with E-state index in [-0.39, 0.29) is 5.78 Å². The molecule has 0 N–H and O–H groups in total. The maximum atomic E-state index is 12.2. The van der Waals surface area contributed by atoms with Crippen molar-refractivity contribution in [3.8, 4) is 0 Å². The van der Waals surface area contributed by atoms with Gasteiger partial charge in [0.05, 0.1) is 5.75 Å². The van der Waals surface area contributed by atoms with Crippen LogP contribution < -0.4 is 0 Å². The monoisotopic (exact) mass is 315 g/mol. The second-order valence-electron chi connectivity index (χ2n) is 5.81. The first-order valence-electron chi connectivity index (χ1n) is 7.86. The van der Waals surface area contributed by atoms with Crippen molar-refractivity contribution in [1.82, 2.24) is 14.8 Å². The van der Waals surface area contributed by atoms with Gasteiger partial charge in [-0.05, 0) is 12.8 Å². The Bertz CT molecular complexity index is 633. The average molecular weight is 315 g/mol. The van der Waals surface area contributed by atoms with Gasteiger partial charge in [0, 0.05) is 18.5 Å². The van der Waals surface area contributed by atoms with E-state index in [0.29, 0.717) is 11.7 Å². The number of rotatable bonds is 5. The molecule has 1 heterocycles. The summed E-state index contributed by atoms with van der Waals surface area (Å²) in [5.74, 6) is 2.15. The fraction of sp³-hybridized carbons (Fsp3) is 0.471. The molecule has 0 spiro atoms. The first-order valence-corrected chi connectivity index (χ1v) is 8.84. The summed E-state index contributed by atoms with van der Waals surface area (Å²) in [7, 11) is 2.01. The number of carbonyl (C=O) groups is 1. The van der Waals surface area contributed by atoms with Gasteiger partial charge in [-0.2, -0.15) is 0 Å². The Balaban J connectivity index is 1.63. The summed E-state index contributed by atoms with van der Waals surface area (Å²) in [6, 6.07) is 9.41. The van der Waals surface area contributed by atoms with E-state index in [0.717, 1.165) is 16.5 Å². The molecule has 1 aliphatic rings. The van der Waals surface area contributed by atoms with Crippen LogP contribution in [-0.2, 0) is 7.05 Å². The predicted octanol–water partition coefficient (Wildman–Crippen LogP) is 3.84. The highest BCUT2D eigenvalue weighted by atomic mass is 32.2. The number of hydrogen-bond donors (Lipinski definition) is 0. The molecule has 1 aromatic heterocycles. The first-order chi connectivity index (χ1) is 10.8. The van der Waals surface area contributed by atoms with E-state index < -0.39 is 0 Å². The van der Waals surface area contributed by atoms with Crippen molar-refractivity contribution in [3.05, 3.63) is 41.7 Å². The summed E-state index contributed by atoms with van der Waals surface area (Å²) >= 11 is 1.47. The summed E-state index contributed by atoms with van der Waals surface area (Å²) in [5.41, 5.74) is 0.754. The molecule has 3 rings (SSSR count). The summed E-state index contributed by atoms with van der Waals surface area (Å²) in [6.07, 6.45) is 6.32. The van der Waals surface area contributed by atoms with Crippen LogP contribution in [0.5, 0.6) is 0 Å². The minimum Gasteiger partial charge on any atom is -0.309 e. The number of aromatic nitrogens is 3. The van der Waals surface area contributed by atoms with Gasteiger partial charge in [0.15, 0.2) is 10.9 Å². The predicted molar refractivity (Wildman–Crippen MR) is 88.3 cm³/mol. The largest absolute Gasteiger partial charge is 0.309 e. The third kappa shape index (κ3) is 3.40. The number of thioether (sulfide) groups is 1. The topological polar surface area (TPSA) is 47.8 Å². The third-order valence-corrected chi connectivity index (χ3v) is 5.29. The SMILES string of the molecule is Cn1c(SCC(=O)c2ccccc2)nnc1C1CCCCC1.